The molecule has 1 unspecified atom stereocenters. The van der Waals surface area contributed by atoms with Gasteiger partial charge in [0, 0.05) is 0 Å². The third-order valence-electron chi connectivity index (χ3n) is 2.54. The summed E-state index contributed by atoms with van der Waals surface area (Å²) in [6.07, 6.45) is -1.03. The van der Waals surface area contributed by atoms with E-state index in [2.05, 4.69) is 27.7 Å². The number of isothiocyanates is 1. The lowest BCUT2D eigenvalue weighted by molar-refractivity contribution is 0.175. The molecule has 1 rings (SSSR count). The molecule has 0 aliphatic heterocycles. The van der Waals surface area contributed by atoms with Crippen molar-refractivity contribution in [2.45, 2.75) is 26.8 Å². The predicted octanol–water partition coefficient (Wildman–Crippen LogP) is 3.78. The Kier molecular flexibility index (Phi) is 4.59. The van der Waals surface area contributed by atoms with Gasteiger partial charge >= 0.3 is 6.09 Å². The molecule has 0 aromatic heterocycles. The van der Waals surface area contributed by atoms with E-state index < -0.39 is 6.09 Å². The second kappa shape index (κ2) is 5.76. The van der Waals surface area contributed by atoms with Gasteiger partial charge in [0.15, 0.2) is 0 Å². The fraction of sp³-hybridized carbons (Fsp3) is 0.385. The Morgan fingerprint density at radius 1 is 1.39 bits per heavy atom. The largest absolute Gasteiger partial charge is 0.465 e. The molecule has 0 saturated heterocycles. The molecule has 5 heteroatoms. The third-order valence-corrected chi connectivity index (χ3v) is 2.63. The summed E-state index contributed by atoms with van der Waals surface area (Å²) in [7, 11) is 0. The molecule has 0 radical (unpaired) electrons. The van der Waals surface area contributed by atoms with Crippen LogP contribution in [0.5, 0.6) is 0 Å². The van der Waals surface area contributed by atoms with Crippen LogP contribution in [-0.2, 0) is 0 Å². The topological polar surface area (TPSA) is 61.7 Å². The van der Waals surface area contributed by atoms with Crippen molar-refractivity contribution >= 4 is 29.2 Å². The molecule has 0 fully saturated rings. The van der Waals surface area contributed by atoms with Crippen LogP contribution in [0, 0.1) is 5.41 Å². The van der Waals surface area contributed by atoms with E-state index in [0.717, 1.165) is 5.56 Å². The van der Waals surface area contributed by atoms with Gasteiger partial charge in [0.2, 0.25) is 0 Å². The first kappa shape index (κ1) is 14.4. The molecule has 0 bridgehead atoms. The number of thiocarbonyl (C=S) groups is 1. The summed E-state index contributed by atoms with van der Waals surface area (Å²) < 4.78 is 0. The van der Waals surface area contributed by atoms with E-state index in [0.29, 0.717) is 5.69 Å². The summed E-state index contributed by atoms with van der Waals surface area (Å²) >= 11 is 4.53. The number of hydrogen-bond acceptors (Lipinski definition) is 3. The molecule has 1 aromatic rings. The second-order valence-electron chi connectivity index (χ2n) is 5.04. The van der Waals surface area contributed by atoms with Gasteiger partial charge < -0.3 is 10.4 Å². The van der Waals surface area contributed by atoms with Gasteiger partial charge in [0.25, 0.3) is 0 Å². The zero-order chi connectivity index (χ0) is 13.8. The molecule has 1 aromatic carbocycles. The molecular formula is C13H16N2O2S. The fourth-order valence-corrected chi connectivity index (χ4v) is 1.82. The maximum absolute atomic E-state index is 10.8. The lowest BCUT2D eigenvalue weighted by Gasteiger charge is -2.30. The molecule has 4 nitrogen and oxygen atoms in total. The minimum absolute atomic E-state index is 0.215. The first-order chi connectivity index (χ1) is 8.34. The van der Waals surface area contributed by atoms with Crippen molar-refractivity contribution in [2.75, 3.05) is 0 Å². The number of aliphatic imine (C=N–C) groups is 1. The number of nitrogens with zero attached hydrogens (tertiary/aromatic N) is 1. The van der Waals surface area contributed by atoms with Crippen molar-refractivity contribution in [3.05, 3.63) is 29.8 Å². The molecule has 0 spiro atoms. The zero-order valence-corrected chi connectivity index (χ0v) is 11.4. The van der Waals surface area contributed by atoms with E-state index in [1.807, 2.05) is 32.9 Å². The predicted molar refractivity (Wildman–Crippen MR) is 74.5 cm³/mol. The van der Waals surface area contributed by atoms with Crippen LogP contribution in [0.2, 0.25) is 0 Å². The molecule has 0 aliphatic rings. The number of carboxylic acid groups (broad SMARTS) is 1. The first-order valence-corrected chi connectivity index (χ1v) is 5.92. The number of benzene rings is 1. The van der Waals surface area contributed by atoms with E-state index in [1.165, 1.54) is 0 Å². The van der Waals surface area contributed by atoms with Crippen LogP contribution < -0.4 is 5.32 Å². The van der Waals surface area contributed by atoms with Crippen LogP contribution in [-0.4, -0.2) is 16.4 Å². The van der Waals surface area contributed by atoms with E-state index in [1.54, 1.807) is 12.1 Å². The standard InChI is InChI=1S/C13H16N2O2S/c1-13(2,3)11(15-12(16)17)9-4-6-10(7-5-9)14-8-18/h4-7,11,15H,1-3H3,(H,16,17). The summed E-state index contributed by atoms with van der Waals surface area (Å²) in [5, 5.41) is 13.7. The molecule has 0 heterocycles. The van der Waals surface area contributed by atoms with Crippen LogP contribution in [0.1, 0.15) is 32.4 Å². The molecule has 96 valence electrons. The SMILES string of the molecule is CC(C)(C)C(NC(=O)O)c1ccc(N=C=S)cc1. The van der Waals surface area contributed by atoms with Crippen LogP contribution in [0.3, 0.4) is 0 Å². The van der Waals surface area contributed by atoms with Gasteiger partial charge in [0.05, 0.1) is 16.9 Å². The van der Waals surface area contributed by atoms with Gasteiger partial charge in [-0.3, -0.25) is 0 Å². The fourth-order valence-electron chi connectivity index (χ4n) is 1.72. The number of amides is 1. The summed E-state index contributed by atoms with van der Waals surface area (Å²) in [5.41, 5.74) is 1.39. The number of carbonyl (C=O) groups is 1. The smallest absolute Gasteiger partial charge is 0.405 e. The maximum Gasteiger partial charge on any atom is 0.405 e. The van der Waals surface area contributed by atoms with Crippen molar-refractivity contribution in [1.29, 1.82) is 0 Å². The van der Waals surface area contributed by atoms with Gasteiger partial charge in [-0.25, -0.2) is 4.79 Å². The van der Waals surface area contributed by atoms with Crippen molar-refractivity contribution in [1.82, 2.24) is 5.32 Å². The Morgan fingerprint density at radius 3 is 2.33 bits per heavy atom. The van der Waals surface area contributed by atoms with Crippen LogP contribution in [0.4, 0.5) is 10.5 Å². The highest BCUT2D eigenvalue weighted by atomic mass is 32.1. The van der Waals surface area contributed by atoms with Crippen LogP contribution in [0.15, 0.2) is 29.3 Å². The van der Waals surface area contributed by atoms with Gasteiger partial charge in [0.1, 0.15) is 0 Å². The van der Waals surface area contributed by atoms with Gasteiger partial charge in [-0.1, -0.05) is 32.9 Å². The lowest BCUT2D eigenvalue weighted by atomic mass is 9.82. The van der Waals surface area contributed by atoms with Crippen molar-refractivity contribution in [3.8, 4) is 0 Å². The average Bonchev–Trinajstić information content (AvgIpc) is 2.26. The van der Waals surface area contributed by atoms with Crippen LogP contribution >= 0.6 is 12.2 Å². The zero-order valence-electron chi connectivity index (χ0n) is 10.6. The number of nitrogens with one attached hydrogen (secondary N) is 1. The van der Waals surface area contributed by atoms with Gasteiger partial charge in [-0.05, 0) is 35.3 Å². The molecule has 1 amide bonds. The quantitative estimate of drug-likeness (QED) is 0.645. The van der Waals surface area contributed by atoms with E-state index in [-0.39, 0.29) is 11.5 Å². The Balaban J connectivity index is 3.06. The normalized spacial score (nSPS) is 12.4. The van der Waals surface area contributed by atoms with Gasteiger partial charge in [-0.2, -0.15) is 4.99 Å². The first-order valence-electron chi connectivity index (χ1n) is 5.52. The molecule has 1 atom stereocenters. The Morgan fingerprint density at radius 2 is 1.94 bits per heavy atom. The third kappa shape index (κ3) is 3.95. The Bertz CT molecular complexity index is 471. The minimum atomic E-state index is -1.03. The molecule has 2 N–H and O–H groups in total. The lowest BCUT2D eigenvalue weighted by Crippen LogP contribution is -2.35. The Hall–Kier alpha value is -1.71. The van der Waals surface area contributed by atoms with Crippen LogP contribution in [0.25, 0.3) is 0 Å². The van der Waals surface area contributed by atoms with E-state index in [9.17, 15) is 4.79 Å². The maximum atomic E-state index is 10.8. The Labute approximate surface area is 112 Å². The summed E-state index contributed by atoms with van der Waals surface area (Å²) in [5.74, 6) is 0. The molecule has 0 aliphatic carbocycles. The summed E-state index contributed by atoms with van der Waals surface area (Å²) in [4.78, 5) is 14.7. The van der Waals surface area contributed by atoms with E-state index in [4.69, 9.17) is 5.11 Å². The van der Waals surface area contributed by atoms with Gasteiger partial charge in [-0.15, -0.1) is 0 Å². The van der Waals surface area contributed by atoms with Crippen molar-refractivity contribution in [3.63, 3.8) is 0 Å². The highest BCUT2D eigenvalue weighted by molar-refractivity contribution is 7.78. The average molecular weight is 264 g/mol. The van der Waals surface area contributed by atoms with Crippen molar-refractivity contribution < 1.29 is 9.90 Å². The highest BCUT2D eigenvalue weighted by Gasteiger charge is 2.27. The molecule has 18 heavy (non-hydrogen) atoms. The monoisotopic (exact) mass is 264 g/mol. The van der Waals surface area contributed by atoms with E-state index >= 15 is 0 Å². The summed E-state index contributed by atoms with van der Waals surface area (Å²) in [6.45, 7) is 5.95. The molecular weight excluding hydrogens is 248 g/mol. The minimum Gasteiger partial charge on any atom is -0.465 e. The number of rotatable bonds is 3. The summed E-state index contributed by atoms with van der Waals surface area (Å²) in [6, 6.07) is 6.99. The van der Waals surface area contributed by atoms with Crippen molar-refractivity contribution in [2.24, 2.45) is 10.4 Å². The molecule has 0 saturated carbocycles. The highest BCUT2D eigenvalue weighted by Crippen LogP contribution is 2.33. The second-order valence-corrected chi connectivity index (χ2v) is 5.23. The number of hydrogen-bond donors (Lipinski definition) is 2.